The molecule has 2 heterocycles. The van der Waals surface area contributed by atoms with Gasteiger partial charge in [-0.15, -0.1) is 0 Å². The summed E-state index contributed by atoms with van der Waals surface area (Å²) in [7, 11) is 0. The third-order valence-corrected chi connectivity index (χ3v) is 10.9. The van der Waals surface area contributed by atoms with Gasteiger partial charge in [0.25, 0.3) is 0 Å². The summed E-state index contributed by atoms with van der Waals surface area (Å²) >= 11 is 0. The second-order valence-electron chi connectivity index (χ2n) is 14.6. The predicted molar refractivity (Wildman–Crippen MR) is 230 cm³/mol. The van der Waals surface area contributed by atoms with Gasteiger partial charge in [-0.1, -0.05) is 164 Å². The van der Waals surface area contributed by atoms with Gasteiger partial charge in [0.05, 0.1) is 11.4 Å². The van der Waals surface area contributed by atoms with Gasteiger partial charge in [0, 0.05) is 11.3 Å². The zero-order chi connectivity index (χ0) is 37.3. The summed E-state index contributed by atoms with van der Waals surface area (Å²) in [6, 6.07) is 61.3. The highest BCUT2D eigenvalue weighted by Crippen LogP contribution is 2.41. The largest absolute Gasteiger partial charge is 0.363 e. The van der Waals surface area contributed by atoms with Gasteiger partial charge in [-0.3, -0.25) is 5.32 Å². The monoisotopic (exact) mass is 715 g/mol. The lowest BCUT2D eigenvalue weighted by Crippen LogP contribution is -2.44. The molecule has 5 heteroatoms. The molecule has 5 nitrogen and oxygen atoms in total. The number of hydrogen-bond acceptors (Lipinski definition) is 5. The van der Waals surface area contributed by atoms with E-state index in [0.717, 1.165) is 23.4 Å². The van der Waals surface area contributed by atoms with Crippen molar-refractivity contribution in [3.8, 4) is 33.4 Å². The predicted octanol–water partition coefficient (Wildman–Crippen LogP) is 11.9. The van der Waals surface area contributed by atoms with E-state index in [1.807, 2.05) is 0 Å². The Kier molecular flexibility index (Phi) is 9.22. The van der Waals surface area contributed by atoms with Gasteiger partial charge in [-0.2, -0.15) is 0 Å². The summed E-state index contributed by atoms with van der Waals surface area (Å²) in [5.41, 5.74) is 16.7. The molecule has 0 amide bonds. The smallest absolute Gasteiger partial charge is 0.131 e. The third-order valence-electron chi connectivity index (χ3n) is 10.9. The van der Waals surface area contributed by atoms with Crippen molar-refractivity contribution in [1.29, 1.82) is 0 Å². The van der Waals surface area contributed by atoms with Gasteiger partial charge in [0.2, 0.25) is 0 Å². The molecule has 55 heavy (non-hydrogen) atoms. The highest BCUT2D eigenvalue weighted by atomic mass is 15.3. The summed E-state index contributed by atoms with van der Waals surface area (Å²) in [6.45, 7) is 6.46. The fourth-order valence-corrected chi connectivity index (χ4v) is 7.83. The maximum absolute atomic E-state index is 5.18. The van der Waals surface area contributed by atoms with Crippen LogP contribution in [0.15, 0.2) is 175 Å². The number of nitrogens with one attached hydrogen (secondary N) is 3. The zero-order valence-electron chi connectivity index (χ0n) is 31.5. The lowest BCUT2D eigenvalue weighted by molar-refractivity contribution is 0.409. The highest BCUT2D eigenvalue weighted by molar-refractivity contribution is 5.99. The molecule has 0 aliphatic carbocycles. The van der Waals surface area contributed by atoms with Crippen molar-refractivity contribution in [2.45, 2.75) is 45.7 Å². The van der Waals surface area contributed by atoms with Crippen LogP contribution < -0.4 is 20.9 Å². The van der Waals surface area contributed by atoms with E-state index >= 15 is 0 Å². The molecule has 0 saturated heterocycles. The van der Waals surface area contributed by atoms with E-state index in [9.17, 15) is 0 Å². The van der Waals surface area contributed by atoms with Crippen LogP contribution in [0.4, 0.5) is 17.1 Å². The highest BCUT2D eigenvalue weighted by Gasteiger charge is 2.28. The topological polar surface area (TPSA) is 51.7 Å². The van der Waals surface area contributed by atoms with Crippen molar-refractivity contribution in [1.82, 2.24) is 10.6 Å². The minimum absolute atomic E-state index is 0.0750. The zero-order valence-corrected chi connectivity index (χ0v) is 31.5. The number of aryl methyl sites for hydroxylation is 2. The molecule has 0 bridgehead atoms. The molecule has 3 unspecified atom stereocenters. The standard InChI is InChI=1S/C50H45N5/c1-4-47-51-45-11-7-8-12-46(45)55(47)42-31-29-36(30-32-42)35-21-23-37(24-22-35)43-9-5-6-10-44(43)38-25-27-41(28-26-38)50-53-48(39-17-13-33(2)14-18-39)52-49(54-50)40-19-15-34(3)16-20-40/h5-32,47-48,50-51,53H,4H2,1-3H3,(H,52,54). The number of amidine groups is 1. The van der Waals surface area contributed by atoms with E-state index in [1.165, 1.54) is 67.1 Å². The Morgan fingerprint density at radius 1 is 0.509 bits per heavy atom. The van der Waals surface area contributed by atoms with Gasteiger partial charge in [0.1, 0.15) is 24.3 Å². The Morgan fingerprint density at radius 3 is 1.65 bits per heavy atom. The molecule has 3 N–H and O–H groups in total. The van der Waals surface area contributed by atoms with Gasteiger partial charge in [0.15, 0.2) is 0 Å². The van der Waals surface area contributed by atoms with Crippen molar-refractivity contribution in [2.24, 2.45) is 4.99 Å². The first-order valence-electron chi connectivity index (χ1n) is 19.3. The Morgan fingerprint density at radius 2 is 1.02 bits per heavy atom. The van der Waals surface area contributed by atoms with Crippen LogP contribution in [0.2, 0.25) is 0 Å². The average Bonchev–Trinajstić information content (AvgIpc) is 3.63. The van der Waals surface area contributed by atoms with Crippen LogP contribution in [0.1, 0.15) is 53.5 Å². The molecule has 270 valence electrons. The molecule has 2 aliphatic rings. The number of rotatable bonds is 8. The Balaban J connectivity index is 0.958. The molecule has 0 aromatic heterocycles. The van der Waals surface area contributed by atoms with Crippen LogP contribution in [-0.4, -0.2) is 12.0 Å². The van der Waals surface area contributed by atoms with E-state index in [4.69, 9.17) is 4.99 Å². The van der Waals surface area contributed by atoms with Crippen molar-refractivity contribution in [3.05, 3.63) is 198 Å². The first kappa shape index (κ1) is 34.3. The molecule has 7 aromatic rings. The van der Waals surface area contributed by atoms with Crippen molar-refractivity contribution < 1.29 is 0 Å². The number of fused-ring (bicyclic) bond motifs is 1. The minimum atomic E-state index is -0.203. The van der Waals surface area contributed by atoms with E-state index in [2.05, 4.69) is 211 Å². The molecule has 3 atom stereocenters. The second-order valence-corrected chi connectivity index (χ2v) is 14.6. The van der Waals surface area contributed by atoms with Crippen LogP contribution in [-0.2, 0) is 0 Å². The van der Waals surface area contributed by atoms with E-state index < -0.39 is 0 Å². The van der Waals surface area contributed by atoms with Crippen LogP contribution in [0.5, 0.6) is 0 Å². The molecule has 0 radical (unpaired) electrons. The van der Waals surface area contributed by atoms with Gasteiger partial charge in [-0.25, -0.2) is 4.99 Å². The number of benzene rings is 7. The Labute approximate surface area is 324 Å². The van der Waals surface area contributed by atoms with Gasteiger partial charge < -0.3 is 15.5 Å². The van der Waals surface area contributed by atoms with E-state index in [-0.39, 0.29) is 18.5 Å². The van der Waals surface area contributed by atoms with Crippen LogP contribution >= 0.6 is 0 Å². The lowest BCUT2D eigenvalue weighted by atomic mass is 9.92. The second kappa shape index (κ2) is 14.8. The first-order chi connectivity index (χ1) is 27.0. The van der Waals surface area contributed by atoms with Gasteiger partial charge >= 0.3 is 0 Å². The Hall–Kier alpha value is -6.43. The molecular formula is C50H45N5. The molecule has 2 aliphatic heterocycles. The fraction of sp³-hybridized carbons (Fsp3) is 0.140. The molecule has 9 rings (SSSR count). The van der Waals surface area contributed by atoms with Crippen LogP contribution in [0, 0.1) is 13.8 Å². The SMILES string of the molecule is CCC1Nc2ccccc2N1c1ccc(-c2ccc(-c3ccccc3-c3ccc(C4N=C(c5ccc(C)cc5)NC(c5ccc(C)cc5)N4)cc3)cc2)cc1. The van der Waals surface area contributed by atoms with Gasteiger partial charge in [-0.05, 0) is 89.0 Å². The number of anilines is 3. The Bertz CT molecular complexity index is 2450. The molecule has 7 aromatic carbocycles. The summed E-state index contributed by atoms with van der Waals surface area (Å²) in [5, 5.41) is 11.1. The van der Waals surface area contributed by atoms with Crippen LogP contribution in [0.3, 0.4) is 0 Å². The minimum Gasteiger partial charge on any atom is -0.363 e. The average molecular weight is 716 g/mol. The van der Waals surface area contributed by atoms with Crippen molar-refractivity contribution in [2.75, 3.05) is 10.2 Å². The van der Waals surface area contributed by atoms with E-state index in [1.54, 1.807) is 0 Å². The quantitative estimate of drug-likeness (QED) is 0.147. The lowest BCUT2D eigenvalue weighted by Gasteiger charge is -2.32. The molecule has 0 saturated carbocycles. The molecule has 0 spiro atoms. The number of nitrogens with zero attached hydrogens (tertiary/aromatic N) is 2. The summed E-state index contributed by atoms with van der Waals surface area (Å²) in [6.07, 6.45) is 0.985. The number of hydrogen-bond donors (Lipinski definition) is 3. The summed E-state index contributed by atoms with van der Waals surface area (Å²) in [5.74, 6) is 0.892. The molecule has 0 fully saturated rings. The maximum Gasteiger partial charge on any atom is 0.131 e. The number of aliphatic imine (C=N–C) groups is 1. The number of para-hydroxylation sites is 2. The summed E-state index contributed by atoms with van der Waals surface area (Å²) in [4.78, 5) is 7.59. The normalized spacial score (nSPS) is 17.5. The van der Waals surface area contributed by atoms with Crippen molar-refractivity contribution >= 4 is 22.9 Å². The first-order valence-corrected chi connectivity index (χ1v) is 19.3. The third kappa shape index (κ3) is 6.91. The van der Waals surface area contributed by atoms with Crippen molar-refractivity contribution in [3.63, 3.8) is 0 Å². The molecular weight excluding hydrogens is 671 g/mol. The summed E-state index contributed by atoms with van der Waals surface area (Å²) < 4.78 is 0. The maximum atomic E-state index is 5.18. The van der Waals surface area contributed by atoms with Crippen LogP contribution in [0.25, 0.3) is 33.4 Å². The van der Waals surface area contributed by atoms with E-state index in [0.29, 0.717) is 0 Å². The fourth-order valence-electron chi connectivity index (χ4n) is 7.83.